The first-order valence-electron chi connectivity index (χ1n) is 5.91. The number of nitro benzene ring substituents is 1. The summed E-state index contributed by atoms with van der Waals surface area (Å²) in [5.41, 5.74) is 1.47. The van der Waals surface area contributed by atoms with Gasteiger partial charge >= 0.3 is 0 Å². The summed E-state index contributed by atoms with van der Waals surface area (Å²) in [5.74, 6) is 0. The molecule has 7 heteroatoms. The second kappa shape index (κ2) is 5.57. The van der Waals surface area contributed by atoms with E-state index >= 15 is 0 Å². The zero-order chi connectivity index (χ0) is 13.8. The number of nitrogens with zero attached hydrogens (tertiary/aromatic N) is 4. The van der Waals surface area contributed by atoms with Crippen LogP contribution in [0.3, 0.4) is 0 Å². The van der Waals surface area contributed by atoms with Gasteiger partial charge in [0.25, 0.3) is 5.69 Å². The molecule has 19 heavy (non-hydrogen) atoms. The average Bonchev–Trinajstić information content (AvgIpc) is 2.87. The van der Waals surface area contributed by atoms with E-state index in [0.29, 0.717) is 18.7 Å². The lowest BCUT2D eigenvalue weighted by molar-refractivity contribution is -0.384. The number of aliphatic hydroxyl groups excluding tert-OH is 1. The van der Waals surface area contributed by atoms with E-state index in [1.807, 2.05) is 6.92 Å². The van der Waals surface area contributed by atoms with Gasteiger partial charge in [-0.05, 0) is 12.0 Å². The third-order valence-corrected chi connectivity index (χ3v) is 2.78. The number of nitro groups is 1. The van der Waals surface area contributed by atoms with E-state index in [2.05, 4.69) is 10.3 Å². The first kappa shape index (κ1) is 13.2. The van der Waals surface area contributed by atoms with Gasteiger partial charge in [0, 0.05) is 12.1 Å². The summed E-state index contributed by atoms with van der Waals surface area (Å²) in [4.78, 5) is 10.1. The molecule has 2 aromatic rings. The summed E-state index contributed by atoms with van der Waals surface area (Å²) < 4.78 is 1.59. The molecule has 1 N–H and O–H groups in total. The summed E-state index contributed by atoms with van der Waals surface area (Å²) in [7, 11) is 0. The minimum Gasteiger partial charge on any atom is -0.387 e. The van der Waals surface area contributed by atoms with Crippen LogP contribution < -0.4 is 0 Å². The number of hydrogen-bond donors (Lipinski definition) is 1. The van der Waals surface area contributed by atoms with Crippen molar-refractivity contribution in [2.24, 2.45) is 0 Å². The zero-order valence-corrected chi connectivity index (χ0v) is 10.4. The fraction of sp³-hybridized carbons (Fsp3) is 0.333. The number of rotatable bonds is 5. The van der Waals surface area contributed by atoms with Crippen molar-refractivity contribution >= 4 is 5.69 Å². The van der Waals surface area contributed by atoms with Crippen LogP contribution in [0.4, 0.5) is 5.69 Å². The van der Waals surface area contributed by atoms with Crippen molar-refractivity contribution in [1.29, 1.82) is 0 Å². The van der Waals surface area contributed by atoms with Crippen molar-refractivity contribution in [2.75, 3.05) is 0 Å². The highest BCUT2D eigenvalue weighted by molar-refractivity contribution is 5.32. The summed E-state index contributed by atoms with van der Waals surface area (Å²) in [6, 6.07) is 6.26. The van der Waals surface area contributed by atoms with Gasteiger partial charge in [0.2, 0.25) is 0 Å². The molecule has 1 aromatic carbocycles. The molecule has 0 aliphatic heterocycles. The minimum atomic E-state index is -0.606. The van der Waals surface area contributed by atoms with Crippen molar-refractivity contribution in [3.05, 3.63) is 51.8 Å². The Hall–Kier alpha value is -2.28. The maximum Gasteiger partial charge on any atom is 0.269 e. The van der Waals surface area contributed by atoms with Crippen LogP contribution in [0.2, 0.25) is 0 Å². The molecule has 2 rings (SSSR count). The van der Waals surface area contributed by atoms with Crippen molar-refractivity contribution in [3.8, 4) is 0 Å². The smallest absolute Gasteiger partial charge is 0.269 e. The Morgan fingerprint density at radius 2 is 2.11 bits per heavy atom. The maximum atomic E-state index is 10.5. The van der Waals surface area contributed by atoms with Gasteiger partial charge in [-0.2, -0.15) is 0 Å². The average molecular weight is 262 g/mol. The lowest BCUT2D eigenvalue weighted by atomic mass is 10.2. The standard InChI is InChI=1S/C12H14N4O3/c1-2-12(17)11-8-15(14-13-11)7-9-3-5-10(6-4-9)16(18)19/h3-6,8,12,17H,2,7H2,1H3. The molecule has 1 aromatic heterocycles. The second-order valence-corrected chi connectivity index (χ2v) is 4.19. The highest BCUT2D eigenvalue weighted by atomic mass is 16.6. The largest absolute Gasteiger partial charge is 0.387 e. The molecule has 0 fully saturated rings. The monoisotopic (exact) mass is 262 g/mol. The summed E-state index contributed by atoms with van der Waals surface area (Å²) in [6.45, 7) is 2.32. The van der Waals surface area contributed by atoms with Crippen LogP contribution in [0.25, 0.3) is 0 Å². The zero-order valence-electron chi connectivity index (χ0n) is 10.4. The van der Waals surface area contributed by atoms with E-state index in [0.717, 1.165) is 5.56 Å². The molecule has 0 radical (unpaired) electrons. The summed E-state index contributed by atoms with van der Waals surface area (Å²) >= 11 is 0. The second-order valence-electron chi connectivity index (χ2n) is 4.19. The van der Waals surface area contributed by atoms with Crippen molar-refractivity contribution in [3.63, 3.8) is 0 Å². The van der Waals surface area contributed by atoms with Crippen LogP contribution in [0.15, 0.2) is 30.5 Å². The van der Waals surface area contributed by atoms with E-state index in [-0.39, 0.29) is 5.69 Å². The first-order valence-corrected chi connectivity index (χ1v) is 5.91. The Morgan fingerprint density at radius 1 is 1.42 bits per heavy atom. The van der Waals surface area contributed by atoms with Gasteiger partial charge in [0.15, 0.2) is 0 Å². The molecule has 0 amide bonds. The number of aliphatic hydroxyl groups is 1. The van der Waals surface area contributed by atoms with Gasteiger partial charge in [-0.1, -0.05) is 24.3 Å². The van der Waals surface area contributed by atoms with Crippen LogP contribution in [-0.2, 0) is 6.54 Å². The highest BCUT2D eigenvalue weighted by Crippen LogP contribution is 2.15. The van der Waals surface area contributed by atoms with Crippen molar-refractivity contribution < 1.29 is 10.0 Å². The fourth-order valence-corrected chi connectivity index (χ4v) is 1.66. The quantitative estimate of drug-likeness (QED) is 0.653. The predicted molar refractivity (Wildman–Crippen MR) is 67.5 cm³/mol. The van der Waals surface area contributed by atoms with Crippen LogP contribution >= 0.6 is 0 Å². The van der Waals surface area contributed by atoms with Gasteiger partial charge in [-0.15, -0.1) is 5.10 Å². The van der Waals surface area contributed by atoms with Crippen LogP contribution in [0, 0.1) is 10.1 Å². The third-order valence-electron chi connectivity index (χ3n) is 2.78. The molecular weight excluding hydrogens is 248 g/mol. The van der Waals surface area contributed by atoms with E-state index in [1.54, 1.807) is 23.0 Å². The molecule has 0 saturated carbocycles. The topological polar surface area (TPSA) is 94.1 Å². The predicted octanol–water partition coefficient (Wildman–Crippen LogP) is 1.68. The molecule has 1 atom stereocenters. The molecule has 7 nitrogen and oxygen atoms in total. The molecule has 1 heterocycles. The number of non-ortho nitro benzene ring substituents is 1. The molecule has 0 saturated heterocycles. The van der Waals surface area contributed by atoms with E-state index in [4.69, 9.17) is 0 Å². The molecule has 0 spiro atoms. The van der Waals surface area contributed by atoms with Crippen molar-refractivity contribution in [2.45, 2.75) is 26.0 Å². The third kappa shape index (κ3) is 3.14. The first-order chi connectivity index (χ1) is 9.10. The minimum absolute atomic E-state index is 0.0597. The lowest BCUT2D eigenvalue weighted by Crippen LogP contribution is -2.00. The Balaban J connectivity index is 2.08. The normalized spacial score (nSPS) is 12.3. The number of aromatic nitrogens is 3. The van der Waals surface area contributed by atoms with Gasteiger partial charge in [-0.25, -0.2) is 4.68 Å². The molecular formula is C12H14N4O3. The Morgan fingerprint density at radius 3 is 2.68 bits per heavy atom. The Kier molecular flexibility index (Phi) is 3.86. The van der Waals surface area contributed by atoms with Gasteiger partial charge in [-0.3, -0.25) is 10.1 Å². The molecule has 0 bridgehead atoms. The number of benzene rings is 1. The molecule has 1 unspecified atom stereocenters. The number of hydrogen-bond acceptors (Lipinski definition) is 5. The van der Waals surface area contributed by atoms with E-state index in [9.17, 15) is 15.2 Å². The van der Waals surface area contributed by atoms with E-state index in [1.165, 1.54) is 12.1 Å². The van der Waals surface area contributed by atoms with Crippen LogP contribution in [0.5, 0.6) is 0 Å². The fourth-order valence-electron chi connectivity index (χ4n) is 1.66. The van der Waals surface area contributed by atoms with Gasteiger partial charge < -0.3 is 5.11 Å². The molecule has 0 aliphatic carbocycles. The summed E-state index contributed by atoms with van der Waals surface area (Å²) in [5, 5.41) is 27.9. The van der Waals surface area contributed by atoms with Gasteiger partial charge in [0.1, 0.15) is 5.69 Å². The molecule has 100 valence electrons. The van der Waals surface area contributed by atoms with Crippen LogP contribution in [-0.4, -0.2) is 25.0 Å². The Bertz CT molecular complexity index is 565. The van der Waals surface area contributed by atoms with Crippen LogP contribution in [0.1, 0.15) is 30.7 Å². The SMILES string of the molecule is CCC(O)c1cn(Cc2ccc([N+](=O)[O-])cc2)nn1. The highest BCUT2D eigenvalue weighted by Gasteiger charge is 2.10. The van der Waals surface area contributed by atoms with Gasteiger partial charge in [0.05, 0.1) is 23.8 Å². The maximum absolute atomic E-state index is 10.5. The molecule has 0 aliphatic rings. The van der Waals surface area contributed by atoms with Crippen molar-refractivity contribution in [1.82, 2.24) is 15.0 Å². The summed E-state index contributed by atoms with van der Waals surface area (Å²) in [6.07, 6.45) is 1.65. The lowest BCUT2D eigenvalue weighted by Gasteiger charge is -2.02. The Labute approximate surface area is 109 Å². The van der Waals surface area contributed by atoms with E-state index < -0.39 is 11.0 Å².